The van der Waals surface area contributed by atoms with Crippen LogP contribution in [0.4, 0.5) is 0 Å². The lowest BCUT2D eigenvalue weighted by molar-refractivity contribution is -0.142. The molecule has 1 rings (SSSR count). The van der Waals surface area contributed by atoms with E-state index in [1.165, 1.54) is 7.11 Å². The molecule has 1 aromatic carbocycles. The van der Waals surface area contributed by atoms with Crippen LogP contribution in [0.5, 0.6) is 0 Å². The normalized spacial score (nSPS) is 12.5. The van der Waals surface area contributed by atoms with Gasteiger partial charge in [-0.25, -0.2) is 0 Å². The molecule has 0 aliphatic rings. The standard InChI is InChI=1S/C14H22N2O3/c1-3-16(10-14(18)19-2)9-13(17)12-6-4-11(8-15)5-7-12/h4-7,13,17H,3,8-10,15H2,1-2H3. The van der Waals surface area contributed by atoms with Crippen molar-refractivity contribution < 1.29 is 14.6 Å². The summed E-state index contributed by atoms with van der Waals surface area (Å²) < 4.78 is 4.62. The van der Waals surface area contributed by atoms with Crippen molar-refractivity contribution in [3.05, 3.63) is 35.4 Å². The first-order valence-corrected chi connectivity index (χ1v) is 6.36. The van der Waals surface area contributed by atoms with Gasteiger partial charge in [0, 0.05) is 13.1 Å². The number of ether oxygens (including phenoxy) is 1. The molecule has 0 saturated heterocycles. The van der Waals surface area contributed by atoms with Crippen molar-refractivity contribution in [1.82, 2.24) is 4.90 Å². The van der Waals surface area contributed by atoms with Gasteiger partial charge >= 0.3 is 5.97 Å². The number of hydrogen-bond donors (Lipinski definition) is 2. The average Bonchev–Trinajstić information content (AvgIpc) is 2.46. The summed E-state index contributed by atoms with van der Waals surface area (Å²) in [5.74, 6) is -0.299. The maximum atomic E-state index is 11.2. The third-order valence-corrected chi connectivity index (χ3v) is 3.06. The topological polar surface area (TPSA) is 75.8 Å². The molecule has 0 amide bonds. The number of carbonyl (C=O) groups is 1. The number of nitrogens with zero attached hydrogens (tertiary/aromatic N) is 1. The summed E-state index contributed by atoms with van der Waals surface area (Å²) in [6.07, 6.45) is -0.628. The predicted molar refractivity (Wildman–Crippen MR) is 73.4 cm³/mol. The zero-order valence-electron chi connectivity index (χ0n) is 11.5. The van der Waals surface area contributed by atoms with Crippen LogP contribution in [0.25, 0.3) is 0 Å². The maximum absolute atomic E-state index is 11.2. The number of nitrogens with two attached hydrogens (primary N) is 1. The van der Waals surface area contributed by atoms with Gasteiger partial charge in [-0.1, -0.05) is 31.2 Å². The first kappa shape index (κ1) is 15.6. The lowest BCUT2D eigenvalue weighted by Crippen LogP contribution is -2.34. The van der Waals surface area contributed by atoms with E-state index in [0.29, 0.717) is 19.6 Å². The van der Waals surface area contributed by atoms with E-state index in [2.05, 4.69) is 4.74 Å². The maximum Gasteiger partial charge on any atom is 0.319 e. The van der Waals surface area contributed by atoms with Gasteiger partial charge < -0.3 is 15.6 Å². The van der Waals surface area contributed by atoms with Gasteiger partial charge in [0.2, 0.25) is 0 Å². The Balaban J connectivity index is 2.60. The highest BCUT2D eigenvalue weighted by molar-refractivity contribution is 5.71. The number of methoxy groups -OCH3 is 1. The van der Waals surface area contributed by atoms with Crippen LogP contribution >= 0.6 is 0 Å². The molecule has 3 N–H and O–H groups in total. The van der Waals surface area contributed by atoms with Crippen LogP contribution < -0.4 is 5.73 Å². The van der Waals surface area contributed by atoms with Crippen molar-refractivity contribution in [2.24, 2.45) is 5.73 Å². The number of aliphatic hydroxyl groups excluding tert-OH is 1. The number of rotatable bonds is 7. The van der Waals surface area contributed by atoms with Gasteiger partial charge in [-0.05, 0) is 17.7 Å². The average molecular weight is 266 g/mol. The Hall–Kier alpha value is -1.43. The number of esters is 1. The molecule has 1 unspecified atom stereocenters. The highest BCUT2D eigenvalue weighted by Crippen LogP contribution is 2.15. The van der Waals surface area contributed by atoms with Gasteiger partial charge in [-0.3, -0.25) is 9.69 Å². The van der Waals surface area contributed by atoms with Gasteiger partial charge in [-0.15, -0.1) is 0 Å². The van der Waals surface area contributed by atoms with Crippen LogP contribution in [0.2, 0.25) is 0 Å². The fraction of sp³-hybridized carbons (Fsp3) is 0.500. The van der Waals surface area contributed by atoms with E-state index in [9.17, 15) is 9.90 Å². The van der Waals surface area contributed by atoms with E-state index in [-0.39, 0.29) is 12.5 Å². The molecule has 0 bridgehead atoms. The summed E-state index contributed by atoms with van der Waals surface area (Å²) in [5, 5.41) is 10.1. The smallest absolute Gasteiger partial charge is 0.319 e. The van der Waals surface area contributed by atoms with Crippen LogP contribution in [0.15, 0.2) is 24.3 Å². The van der Waals surface area contributed by atoms with E-state index in [0.717, 1.165) is 11.1 Å². The zero-order chi connectivity index (χ0) is 14.3. The predicted octanol–water partition coefficient (Wildman–Crippen LogP) is 0.674. The van der Waals surface area contributed by atoms with E-state index in [4.69, 9.17) is 5.73 Å². The van der Waals surface area contributed by atoms with Crippen molar-refractivity contribution >= 4 is 5.97 Å². The number of aliphatic hydroxyl groups is 1. The number of benzene rings is 1. The summed E-state index contributed by atoms with van der Waals surface area (Å²) in [4.78, 5) is 13.1. The van der Waals surface area contributed by atoms with E-state index in [1.54, 1.807) is 0 Å². The number of carbonyl (C=O) groups excluding carboxylic acids is 1. The van der Waals surface area contributed by atoms with Crippen LogP contribution in [0, 0.1) is 0 Å². The molecular weight excluding hydrogens is 244 g/mol. The van der Waals surface area contributed by atoms with Gasteiger partial charge in [0.15, 0.2) is 0 Å². The van der Waals surface area contributed by atoms with Crippen molar-refractivity contribution in [3.63, 3.8) is 0 Å². The highest BCUT2D eigenvalue weighted by Gasteiger charge is 2.15. The third kappa shape index (κ3) is 4.98. The minimum absolute atomic E-state index is 0.185. The fourth-order valence-electron chi connectivity index (χ4n) is 1.78. The molecule has 0 heterocycles. The fourth-order valence-corrected chi connectivity index (χ4v) is 1.78. The quantitative estimate of drug-likeness (QED) is 0.710. The van der Waals surface area contributed by atoms with Crippen LogP contribution in [-0.2, 0) is 16.1 Å². The molecule has 1 aromatic rings. The van der Waals surface area contributed by atoms with Crippen molar-refractivity contribution in [2.75, 3.05) is 26.7 Å². The van der Waals surface area contributed by atoms with Crippen LogP contribution in [-0.4, -0.2) is 42.7 Å². The lowest BCUT2D eigenvalue weighted by Gasteiger charge is -2.22. The summed E-state index contributed by atoms with van der Waals surface area (Å²) in [6, 6.07) is 7.52. The molecule has 0 radical (unpaired) electrons. The van der Waals surface area contributed by atoms with Crippen LogP contribution in [0.3, 0.4) is 0 Å². The van der Waals surface area contributed by atoms with Crippen molar-refractivity contribution in [2.45, 2.75) is 19.6 Å². The molecule has 1 atom stereocenters. The second kappa shape index (κ2) is 7.89. The Kier molecular flexibility index (Phi) is 6.49. The van der Waals surface area contributed by atoms with E-state index >= 15 is 0 Å². The summed E-state index contributed by atoms with van der Waals surface area (Å²) in [5.41, 5.74) is 7.37. The molecule has 19 heavy (non-hydrogen) atoms. The molecule has 0 saturated carbocycles. The molecule has 0 aliphatic carbocycles. The molecule has 0 aliphatic heterocycles. The van der Waals surface area contributed by atoms with E-state index < -0.39 is 6.10 Å². The molecule has 5 nitrogen and oxygen atoms in total. The van der Waals surface area contributed by atoms with Gasteiger partial charge in [0.25, 0.3) is 0 Å². The summed E-state index contributed by atoms with van der Waals surface area (Å²) in [6.45, 7) is 3.68. The number of likely N-dealkylation sites (N-methyl/N-ethyl adjacent to an activating group) is 1. The molecular formula is C14H22N2O3. The summed E-state index contributed by atoms with van der Waals surface area (Å²) in [7, 11) is 1.36. The second-order valence-corrected chi connectivity index (χ2v) is 4.37. The SMILES string of the molecule is CCN(CC(=O)OC)CC(O)c1ccc(CN)cc1. The zero-order valence-corrected chi connectivity index (χ0v) is 11.5. The molecule has 5 heteroatoms. The minimum atomic E-state index is -0.628. The highest BCUT2D eigenvalue weighted by atomic mass is 16.5. The minimum Gasteiger partial charge on any atom is -0.468 e. The van der Waals surface area contributed by atoms with Gasteiger partial charge in [0.05, 0.1) is 19.8 Å². The van der Waals surface area contributed by atoms with Gasteiger partial charge in [-0.2, -0.15) is 0 Å². The van der Waals surface area contributed by atoms with E-state index in [1.807, 2.05) is 36.1 Å². The lowest BCUT2D eigenvalue weighted by atomic mass is 10.1. The first-order chi connectivity index (χ1) is 9.10. The Morgan fingerprint density at radius 3 is 2.53 bits per heavy atom. The first-order valence-electron chi connectivity index (χ1n) is 6.36. The third-order valence-electron chi connectivity index (χ3n) is 3.06. The molecule has 0 fully saturated rings. The van der Waals surface area contributed by atoms with Crippen LogP contribution in [0.1, 0.15) is 24.2 Å². The molecule has 106 valence electrons. The van der Waals surface area contributed by atoms with Gasteiger partial charge in [0.1, 0.15) is 0 Å². The Labute approximate surface area is 114 Å². The monoisotopic (exact) mass is 266 g/mol. The Morgan fingerprint density at radius 2 is 2.05 bits per heavy atom. The summed E-state index contributed by atoms with van der Waals surface area (Å²) >= 11 is 0. The molecule has 0 aromatic heterocycles. The Morgan fingerprint density at radius 1 is 1.42 bits per heavy atom. The number of hydrogen-bond acceptors (Lipinski definition) is 5. The van der Waals surface area contributed by atoms with Crippen molar-refractivity contribution in [1.29, 1.82) is 0 Å². The Bertz CT molecular complexity index is 392. The second-order valence-electron chi connectivity index (χ2n) is 4.37. The van der Waals surface area contributed by atoms with Crippen molar-refractivity contribution in [3.8, 4) is 0 Å². The molecule has 0 spiro atoms. The largest absolute Gasteiger partial charge is 0.468 e.